The molecule has 30 heavy (non-hydrogen) atoms. The van der Waals surface area contributed by atoms with Crippen molar-refractivity contribution in [3.8, 4) is 23.0 Å². The summed E-state index contributed by atoms with van der Waals surface area (Å²) in [6.45, 7) is 0. The van der Waals surface area contributed by atoms with Gasteiger partial charge in [0, 0.05) is 5.30 Å². The Morgan fingerprint density at radius 2 is 0.933 bits per heavy atom. The van der Waals surface area contributed by atoms with Gasteiger partial charge in [-0.05, 0) is 65.3 Å². The van der Waals surface area contributed by atoms with Crippen molar-refractivity contribution in [1.29, 1.82) is 0 Å². The van der Waals surface area contributed by atoms with Crippen molar-refractivity contribution in [2.45, 2.75) is 6.42 Å². The monoisotopic (exact) mass is 418 g/mol. The number of benzene rings is 4. The Kier molecular flexibility index (Phi) is 7.31. The zero-order valence-corrected chi connectivity index (χ0v) is 17.2. The molecule has 0 spiro atoms. The van der Waals surface area contributed by atoms with Crippen molar-refractivity contribution in [3.05, 3.63) is 108 Å². The highest BCUT2D eigenvalue weighted by Crippen LogP contribution is 2.19. The number of phenolic OH excluding ortho intramolecular Hbond substituents is 4. The first-order valence-electron chi connectivity index (χ1n) is 9.39. The van der Waals surface area contributed by atoms with Crippen LogP contribution in [0.5, 0.6) is 23.0 Å². The van der Waals surface area contributed by atoms with Crippen molar-refractivity contribution in [1.82, 2.24) is 0 Å². The van der Waals surface area contributed by atoms with Crippen molar-refractivity contribution in [2.75, 3.05) is 0 Å². The van der Waals surface area contributed by atoms with E-state index in [0.717, 1.165) is 28.2 Å². The molecule has 4 aromatic carbocycles. The standard InChI is InChI=1S/C13H12O2.C12H11O2P/c14-12-5-1-10(2-6-12)9-11-3-7-13(15)8-4-11;13-9-5-7-10(8-6-9)15-12-4-2-1-3-11(12)14/h1-8,14-15H,9H2;1-8,13-15H. The minimum Gasteiger partial charge on any atom is -0.508 e. The van der Waals surface area contributed by atoms with Crippen LogP contribution in [-0.4, -0.2) is 20.4 Å². The fourth-order valence-corrected chi connectivity index (χ4v) is 3.78. The van der Waals surface area contributed by atoms with Crippen LogP contribution in [0.3, 0.4) is 0 Å². The van der Waals surface area contributed by atoms with Gasteiger partial charge in [-0.25, -0.2) is 0 Å². The maximum absolute atomic E-state index is 9.58. The number of hydrogen-bond donors (Lipinski definition) is 4. The molecule has 0 radical (unpaired) electrons. The third-order valence-corrected chi connectivity index (χ3v) is 5.65. The molecular weight excluding hydrogens is 395 g/mol. The fraction of sp³-hybridized carbons (Fsp3) is 0.0400. The largest absolute Gasteiger partial charge is 0.508 e. The number of aromatic hydroxyl groups is 4. The highest BCUT2D eigenvalue weighted by Gasteiger charge is 2.01. The molecule has 152 valence electrons. The molecule has 0 amide bonds. The van der Waals surface area contributed by atoms with Crippen LogP contribution in [-0.2, 0) is 6.42 Å². The Hall–Kier alpha value is -3.49. The van der Waals surface area contributed by atoms with Crippen LogP contribution in [0.1, 0.15) is 11.1 Å². The van der Waals surface area contributed by atoms with E-state index in [1.54, 1.807) is 48.5 Å². The second-order valence-corrected chi connectivity index (χ2v) is 8.06. The first-order chi connectivity index (χ1) is 14.5. The Morgan fingerprint density at radius 3 is 1.40 bits per heavy atom. The summed E-state index contributed by atoms with van der Waals surface area (Å²) in [6, 6.07) is 28.6. The molecule has 0 fully saturated rings. The first-order valence-corrected chi connectivity index (χ1v) is 10.4. The van der Waals surface area contributed by atoms with Gasteiger partial charge in [0.05, 0.1) is 0 Å². The first kappa shape index (κ1) is 21.2. The number of hydrogen-bond acceptors (Lipinski definition) is 4. The quantitative estimate of drug-likeness (QED) is 0.370. The summed E-state index contributed by atoms with van der Waals surface area (Å²) < 4.78 is 0. The summed E-state index contributed by atoms with van der Waals surface area (Å²) in [6.07, 6.45) is 0.806. The van der Waals surface area contributed by atoms with Gasteiger partial charge in [-0.15, -0.1) is 0 Å². The van der Waals surface area contributed by atoms with Crippen LogP contribution in [0.4, 0.5) is 0 Å². The Balaban J connectivity index is 0.000000171. The van der Waals surface area contributed by atoms with Gasteiger partial charge in [0.25, 0.3) is 0 Å². The molecule has 1 unspecified atom stereocenters. The summed E-state index contributed by atoms with van der Waals surface area (Å²) in [5, 5.41) is 39.0. The zero-order chi connectivity index (χ0) is 21.3. The number of para-hydroxylation sites is 1. The molecule has 0 aromatic heterocycles. The molecule has 0 heterocycles. The summed E-state index contributed by atoms with van der Waals surface area (Å²) >= 11 is 0. The predicted octanol–water partition coefficient (Wildman–Crippen LogP) is 4.42. The molecule has 0 saturated carbocycles. The van der Waals surface area contributed by atoms with E-state index in [9.17, 15) is 5.11 Å². The lowest BCUT2D eigenvalue weighted by Gasteiger charge is -2.04. The lowest BCUT2D eigenvalue weighted by molar-refractivity contribution is 0.474. The highest BCUT2D eigenvalue weighted by molar-refractivity contribution is 7.55. The molecule has 5 heteroatoms. The molecule has 0 aliphatic rings. The van der Waals surface area contributed by atoms with E-state index in [1.807, 2.05) is 48.5 Å². The molecule has 4 N–H and O–H groups in total. The van der Waals surface area contributed by atoms with Crippen LogP contribution in [0, 0.1) is 0 Å². The third-order valence-electron chi connectivity index (χ3n) is 4.33. The van der Waals surface area contributed by atoms with Crippen molar-refractivity contribution in [2.24, 2.45) is 0 Å². The Morgan fingerprint density at radius 1 is 0.500 bits per heavy atom. The zero-order valence-electron chi connectivity index (χ0n) is 16.2. The maximum Gasteiger partial charge on any atom is 0.123 e. The van der Waals surface area contributed by atoms with Gasteiger partial charge in [0.2, 0.25) is 0 Å². The van der Waals surface area contributed by atoms with Gasteiger partial charge in [0.15, 0.2) is 0 Å². The SMILES string of the molecule is Oc1ccc(Cc2ccc(O)cc2)cc1.Oc1ccc(Pc2ccccc2O)cc1. The molecule has 1 atom stereocenters. The van der Waals surface area contributed by atoms with Gasteiger partial charge < -0.3 is 20.4 Å². The summed E-state index contributed by atoms with van der Waals surface area (Å²) in [5.41, 5.74) is 2.27. The molecule has 4 aromatic rings. The Bertz CT molecular complexity index is 1020. The molecule has 0 bridgehead atoms. The van der Waals surface area contributed by atoms with Crippen LogP contribution in [0.25, 0.3) is 0 Å². The number of rotatable bonds is 4. The highest BCUT2D eigenvalue weighted by atomic mass is 31.1. The van der Waals surface area contributed by atoms with E-state index < -0.39 is 0 Å². The smallest absolute Gasteiger partial charge is 0.123 e. The second kappa shape index (κ2) is 10.3. The summed E-state index contributed by atoms with van der Waals surface area (Å²) in [7, 11) is 0.411. The average Bonchev–Trinajstić information content (AvgIpc) is 2.75. The average molecular weight is 418 g/mol. The van der Waals surface area contributed by atoms with Gasteiger partial charge in [-0.3, -0.25) is 0 Å². The van der Waals surface area contributed by atoms with Crippen molar-refractivity contribution in [3.63, 3.8) is 0 Å². The van der Waals surface area contributed by atoms with Gasteiger partial charge in [-0.2, -0.15) is 0 Å². The second-order valence-electron chi connectivity index (χ2n) is 6.70. The molecule has 4 rings (SSSR count). The van der Waals surface area contributed by atoms with Crippen LogP contribution in [0.2, 0.25) is 0 Å². The molecule has 0 aliphatic carbocycles. The molecular formula is C25H23O4P. The minimum atomic E-state index is 0.265. The van der Waals surface area contributed by atoms with E-state index in [1.165, 1.54) is 0 Å². The normalized spacial score (nSPS) is 10.5. The fourth-order valence-electron chi connectivity index (χ4n) is 2.74. The molecule has 0 aliphatic heterocycles. The van der Waals surface area contributed by atoms with Crippen LogP contribution >= 0.6 is 8.58 Å². The third kappa shape index (κ3) is 6.54. The van der Waals surface area contributed by atoms with Crippen molar-refractivity contribution < 1.29 is 20.4 Å². The lowest BCUT2D eigenvalue weighted by atomic mass is 10.1. The van der Waals surface area contributed by atoms with E-state index >= 15 is 0 Å². The van der Waals surface area contributed by atoms with Crippen molar-refractivity contribution >= 4 is 19.2 Å². The maximum atomic E-state index is 9.58. The Labute approximate surface area is 177 Å². The molecule has 0 saturated heterocycles. The van der Waals surface area contributed by atoms with Crippen LogP contribution in [0.15, 0.2) is 97.1 Å². The van der Waals surface area contributed by atoms with Gasteiger partial charge >= 0.3 is 0 Å². The van der Waals surface area contributed by atoms with E-state index in [4.69, 9.17) is 15.3 Å². The van der Waals surface area contributed by atoms with Crippen LogP contribution < -0.4 is 10.6 Å². The summed E-state index contributed by atoms with van der Waals surface area (Å²) in [4.78, 5) is 0. The van der Waals surface area contributed by atoms with E-state index in [0.29, 0.717) is 14.3 Å². The molecule has 4 nitrogen and oxygen atoms in total. The van der Waals surface area contributed by atoms with E-state index in [2.05, 4.69) is 0 Å². The predicted molar refractivity (Wildman–Crippen MR) is 123 cm³/mol. The number of phenols is 4. The minimum absolute atomic E-state index is 0.265. The van der Waals surface area contributed by atoms with E-state index in [-0.39, 0.29) is 17.2 Å². The van der Waals surface area contributed by atoms with Gasteiger partial charge in [-0.1, -0.05) is 63.2 Å². The van der Waals surface area contributed by atoms with Gasteiger partial charge in [0.1, 0.15) is 23.0 Å². The lowest BCUT2D eigenvalue weighted by Crippen LogP contribution is -2.02. The topological polar surface area (TPSA) is 80.9 Å². The summed E-state index contributed by atoms with van der Waals surface area (Å²) in [5.74, 6) is 1.15.